The maximum absolute atomic E-state index is 13.3. The molecular formula is C31H27ClN4O5S2. The lowest BCUT2D eigenvalue weighted by Gasteiger charge is -2.14. The summed E-state index contributed by atoms with van der Waals surface area (Å²) in [7, 11) is -3.82. The molecule has 3 amide bonds. The Labute approximate surface area is 258 Å². The van der Waals surface area contributed by atoms with Crippen molar-refractivity contribution in [1.82, 2.24) is 5.32 Å². The molecule has 1 atom stereocenters. The first-order chi connectivity index (χ1) is 20.5. The number of rotatable bonds is 10. The van der Waals surface area contributed by atoms with Crippen molar-refractivity contribution in [2.75, 3.05) is 10.6 Å². The van der Waals surface area contributed by atoms with Gasteiger partial charge in [0.05, 0.1) is 10.1 Å². The third-order valence-electron chi connectivity index (χ3n) is 5.98. The van der Waals surface area contributed by atoms with Crippen LogP contribution in [-0.2, 0) is 19.6 Å². The van der Waals surface area contributed by atoms with Crippen molar-refractivity contribution in [3.05, 3.63) is 125 Å². The third-order valence-corrected chi connectivity index (χ3v) is 8.36. The molecular weight excluding hydrogens is 608 g/mol. The maximum atomic E-state index is 13.3. The van der Waals surface area contributed by atoms with Crippen molar-refractivity contribution < 1.29 is 22.8 Å². The van der Waals surface area contributed by atoms with Gasteiger partial charge in [-0.15, -0.1) is 11.8 Å². The fraction of sp³-hybridized carbons (Fsp3) is 0.0645. The number of amides is 3. The Morgan fingerprint density at radius 1 is 0.814 bits per heavy atom. The quantitative estimate of drug-likeness (QED) is 0.133. The van der Waals surface area contributed by atoms with Crippen LogP contribution in [0.3, 0.4) is 0 Å². The molecule has 4 rings (SSSR count). The summed E-state index contributed by atoms with van der Waals surface area (Å²) in [5, 5.41) is 13.2. The van der Waals surface area contributed by atoms with Crippen LogP contribution in [0.2, 0.25) is 5.02 Å². The average Bonchev–Trinajstić information content (AvgIpc) is 2.99. The fourth-order valence-corrected chi connectivity index (χ4v) is 5.31. The lowest BCUT2D eigenvalue weighted by Crippen LogP contribution is -2.30. The van der Waals surface area contributed by atoms with Gasteiger partial charge in [0.1, 0.15) is 5.70 Å². The molecule has 5 N–H and O–H groups in total. The van der Waals surface area contributed by atoms with Crippen LogP contribution in [0.1, 0.15) is 22.8 Å². The Bertz CT molecular complexity index is 1760. The number of primary sulfonamides is 1. The molecule has 1 unspecified atom stereocenters. The van der Waals surface area contributed by atoms with E-state index in [0.29, 0.717) is 27.5 Å². The second-order valence-electron chi connectivity index (χ2n) is 9.20. The Hall–Kier alpha value is -4.42. The summed E-state index contributed by atoms with van der Waals surface area (Å²) in [4.78, 5) is 39.5. The molecule has 4 aromatic carbocycles. The number of nitrogens with two attached hydrogens (primary N) is 1. The Morgan fingerprint density at radius 2 is 1.40 bits per heavy atom. The predicted octanol–water partition coefficient (Wildman–Crippen LogP) is 5.52. The van der Waals surface area contributed by atoms with E-state index in [-0.39, 0.29) is 16.5 Å². The Kier molecular flexibility index (Phi) is 10.4. The normalized spacial score (nSPS) is 12.2. The van der Waals surface area contributed by atoms with Gasteiger partial charge in [-0.3, -0.25) is 14.4 Å². The molecule has 12 heteroatoms. The molecule has 0 spiro atoms. The number of carbonyl (C=O) groups is 3. The van der Waals surface area contributed by atoms with Crippen LogP contribution in [0.15, 0.2) is 119 Å². The van der Waals surface area contributed by atoms with Crippen molar-refractivity contribution in [2.24, 2.45) is 5.14 Å². The van der Waals surface area contributed by atoms with Gasteiger partial charge in [-0.05, 0) is 85.3 Å². The molecule has 43 heavy (non-hydrogen) atoms. The number of anilines is 2. The number of hydrogen-bond acceptors (Lipinski definition) is 6. The fourth-order valence-electron chi connectivity index (χ4n) is 3.73. The molecule has 0 saturated heterocycles. The number of sulfonamides is 1. The minimum Gasteiger partial charge on any atom is -0.325 e. The van der Waals surface area contributed by atoms with Gasteiger partial charge >= 0.3 is 0 Å². The third kappa shape index (κ3) is 9.03. The van der Waals surface area contributed by atoms with Crippen LogP contribution >= 0.6 is 23.4 Å². The van der Waals surface area contributed by atoms with E-state index < -0.39 is 27.1 Å². The van der Waals surface area contributed by atoms with Gasteiger partial charge in [-0.2, -0.15) is 0 Å². The first kappa shape index (κ1) is 31.5. The van der Waals surface area contributed by atoms with Crippen molar-refractivity contribution in [3.8, 4) is 0 Å². The van der Waals surface area contributed by atoms with Crippen LogP contribution < -0.4 is 21.1 Å². The summed E-state index contributed by atoms with van der Waals surface area (Å²) < 4.78 is 22.8. The topological polar surface area (TPSA) is 147 Å². The molecule has 4 aromatic rings. The van der Waals surface area contributed by atoms with Gasteiger partial charge in [0.2, 0.25) is 15.9 Å². The highest BCUT2D eigenvalue weighted by molar-refractivity contribution is 8.00. The van der Waals surface area contributed by atoms with Gasteiger partial charge in [0.15, 0.2) is 0 Å². The van der Waals surface area contributed by atoms with Crippen LogP contribution in [0, 0.1) is 0 Å². The van der Waals surface area contributed by atoms with Gasteiger partial charge in [-0.25, -0.2) is 13.6 Å². The molecule has 0 aliphatic heterocycles. The minimum atomic E-state index is -3.82. The van der Waals surface area contributed by atoms with Gasteiger partial charge in [0.25, 0.3) is 11.8 Å². The van der Waals surface area contributed by atoms with Crippen molar-refractivity contribution in [1.29, 1.82) is 0 Å². The molecule has 0 bridgehead atoms. The van der Waals surface area contributed by atoms with E-state index in [1.165, 1.54) is 42.1 Å². The lowest BCUT2D eigenvalue weighted by molar-refractivity contribution is -0.115. The van der Waals surface area contributed by atoms with Gasteiger partial charge in [-0.1, -0.05) is 48.0 Å². The van der Waals surface area contributed by atoms with Crippen LogP contribution in [0.5, 0.6) is 0 Å². The highest BCUT2D eigenvalue weighted by atomic mass is 35.5. The first-order valence-electron chi connectivity index (χ1n) is 12.8. The second kappa shape index (κ2) is 14.2. The van der Waals surface area contributed by atoms with E-state index in [9.17, 15) is 22.8 Å². The maximum Gasteiger partial charge on any atom is 0.272 e. The first-order valence-corrected chi connectivity index (χ1v) is 15.6. The molecule has 0 aliphatic rings. The average molecular weight is 635 g/mol. The summed E-state index contributed by atoms with van der Waals surface area (Å²) >= 11 is 7.59. The minimum absolute atomic E-state index is 0.00259. The molecule has 0 radical (unpaired) electrons. The van der Waals surface area contributed by atoms with Crippen LogP contribution in [0.4, 0.5) is 11.4 Å². The summed E-state index contributed by atoms with van der Waals surface area (Å²) in [6.45, 7) is 1.73. The number of halogens is 1. The zero-order valence-electron chi connectivity index (χ0n) is 22.8. The molecule has 0 fully saturated rings. The predicted molar refractivity (Wildman–Crippen MR) is 170 cm³/mol. The van der Waals surface area contributed by atoms with E-state index >= 15 is 0 Å². The lowest BCUT2D eigenvalue weighted by atomic mass is 10.1. The highest BCUT2D eigenvalue weighted by Gasteiger charge is 2.18. The van der Waals surface area contributed by atoms with E-state index in [0.717, 1.165) is 4.90 Å². The number of hydrogen-bond donors (Lipinski definition) is 4. The number of nitrogens with one attached hydrogen (secondary N) is 3. The molecule has 0 saturated carbocycles. The van der Waals surface area contributed by atoms with Crippen molar-refractivity contribution >= 4 is 68.6 Å². The zero-order valence-corrected chi connectivity index (χ0v) is 25.2. The van der Waals surface area contributed by atoms with Crippen molar-refractivity contribution in [2.45, 2.75) is 22.0 Å². The molecule has 220 valence electrons. The summed E-state index contributed by atoms with van der Waals surface area (Å²) in [6, 6.07) is 27.9. The zero-order chi connectivity index (χ0) is 31.0. The standard InChI is InChI=1S/C31H27ClN4O5S2/c1-20(29(37)34-24-13-17-26(18-14-24)43(33,40)41)42-25-15-11-23(12-16-25)35-31(39)28(19-22-9-5-6-10-27(22)32)36-30(38)21-7-3-2-4-8-21/h2-20H,1H3,(H,34,37)(H,35,39)(H,36,38)(H2,33,40,41)/b28-19-. The summed E-state index contributed by atoms with van der Waals surface area (Å²) in [5.74, 6) is -1.28. The largest absolute Gasteiger partial charge is 0.325 e. The summed E-state index contributed by atoms with van der Waals surface area (Å²) in [5.41, 5.74) is 1.86. The van der Waals surface area contributed by atoms with Crippen molar-refractivity contribution in [3.63, 3.8) is 0 Å². The van der Waals surface area contributed by atoms with E-state index in [1.807, 2.05) is 0 Å². The van der Waals surface area contributed by atoms with Crippen LogP contribution in [-0.4, -0.2) is 31.4 Å². The Balaban J connectivity index is 1.41. The SMILES string of the molecule is CC(Sc1ccc(NC(=O)/C(=C/c2ccccc2Cl)NC(=O)c2ccccc2)cc1)C(=O)Nc1ccc(S(N)(=O)=O)cc1. The molecule has 0 aromatic heterocycles. The van der Waals surface area contributed by atoms with E-state index in [2.05, 4.69) is 16.0 Å². The molecule has 0 heterocycles. The van der Waals surface area contributed by atoms with Gasteiger partial charge in [0, 0.05) is 26.9 Å². The van der Waals surface area contributed by atoms with Gasteiger partial charge < -0.3 is 16.0 Å². The summed E-state index contributed by atoms with van der Waals surface area (Å²) in [6.07, 6.45) is 1.51. The molecule has 9 nitrogen and oxygen atoms in total. The number of benzene rings is 4. The van der Waals surface area contributed by atoms with E-state index in [1.54, 1.807) is 85.8 Å². The number of thioether (sulfide) groups is 1. The monoisotopic (exact) mass is 634 g/mol. The highest BCUT2D eigenvalue weighted by Crippen LogP contribution is 2.26. The number of carbonyl (C=O) groups excluding carboxylic acids is 3. The Morgan fingerprint density at radius 3 is 2.02 bits per heavy atom. The second-order valence-corrected chi connectivity index (χ2v) is 12.6. The van der Waals surface area contributed by atoms with Crippen LogP contribution in [0.25, 0.3) is 6.08 Å². The smallest absolute Gasteiger partial charge is 0.272 e. The van der Waals surface area contributed by atoms with E-state index in [4.69, 9.17) is 16.7 Å². The molecule has 0 aliphatic carbocycles.